The molecule has 2 amide bonds. The predicted octanol–water partition coefficient (Wildman–Crippen LogP) is 9.42. The van der Waals surface area contributed by atoms with Gasteiger partial charge in [0.05, 0.1) is 77.1 Å². The molecule has 3 atom stereocenters. The van der Waals surface area contributed by atoms with Crippen molar-refractivity contribution in [2.75, 3.05) is 132 Å². The maximum Gasteiger partial charge on any atom is 1.00 e. The number of nitrogens with zero attached hydrogens (tertiary/aromatic N) is 17. The summed E-state index contributed by atoms with van der Waals surface area (Å²) in [6.07, 6.45) is 24.4. The van der Waals surface area contributed by atoms with Gasteiger partial charge in [-0.1, -0.05) is 14.9 Å². The first-order valence-electron chi connectivity index (χ1n) is 44.7. The summed E-state index contributed by atoms with van der Waals surface area (Å²) >= 11 is 8.82. The molecule has 8 aliphatic rings. The summed E-state index contributed by atoms with van der Waals surface area (Å²) in [5.41, 5.74) is 15.3. The van der Waals surface area contributed by atoms with Crippen molar-refractivity contribution in [3.8, 4) is 11.3 Å². The zero-order chi connectivity index (χ0) is 99.5. The van der Waals surface area contributed by atoms with Gasteiger partial charge >= 0.3 is 60.0 Å². The number of amides is 2. The number of aliphatic carboxylic acids is 1. The minimum atomic E-state index is -0.753. The number of nitrogens with one attached hydrogen (secondary N) is 3. The number of esters is 2. The van der Waals surface area contributed by atoms with Crippen LogP contribution >= 0.6 is 27.5 Å². The molecule has 7 aromatic heterocycles. The molecule has 0 aliphatic carbocycles. The number of anilines is 5. The third-order valence-corrected chi connectivity index (χ3v) is 23.6. The van der Waals surface area contributed by atoms with Crippen LogP contribution in [0.25, 0.3) is 22.3 Å². The van der Waals surface area contributed by atoms with Crippen LogP contribution in [0.1, 0.15) is 163 Å². The molecule has 778 valence electrons. The molecule has 0 spiro atoms. The van der Waals surface area contributed by atoms with E-state index in [0.717, 1.165) is 176 Å². The van der Waals surface area contributed by atoms with E-state index in [4.69, 9.17) is 62.1 Å². The average Bonchev–Trinajstić information content (AvgIpc) is 1.61. The summed E-state index contributed by atoms with van der Waals surface area (Å²) in [6.45, 7) is 15.6. The molecular weight excluding hydrogens is 1950 g/mol. The minimum absolute atomic E-state index is 0. The van der Waals surface area contributed by atoms with Crippen molar-refractivity contribution in [1.29, 1.82) is 0 Å². The number of halogens is 4. The second-order valence-corrected chi connectivity index (χ2v) is 33.6. The van der Waals surface area contributed by atoms with E-state index in [2.05, 4.69) is 96.4 Å². The van der Waals surface area contributed by atoms with Gasteiger partial charge in [-0.25, -0.2) is 55.2 Å². The number of methoxy groups -OCH3 is 2. The summed E-state index contributed by atoms with van der Waals surface area (Å²) in [6, 6.07) is 18.8. The van der Waals surface area contributed by atoms with E-state index in [1.54, 1.807) is 49.5 Å². The van der Waals surface area contributed by atoms with Crippen LogP contribution in [0.15, 0.2) is 114 Å². The van der Waals surface area contributed by atoms with Gasteiger partial charge < -0.3 is 121 Å². The Morgan fingerprint density at radius 2 is 0.887 bits per heavy atom. The van der Waals surface area contributed by atoms with E-state index in [0.29, 0.717) is 87.8 Å². The van der Waals surface area contributed by atoms with Gasteiger partial charge in [0, 0.05) is 146 Å². The van der Waals surface area contributed by atoms with Crippen LogP contribution in [-0.2, 0) is 62.2 Å². The Hall–Kier alpha value is -11.7. The van der Waals surface area contributed by atoms with Crippen LogP contribution < -0.4 is 66.4 Å². The Kier molecular flexibility index (Phi) is 57.3. The number of hydrogen-bond acceptors (Lipinski definition) is 38. The number of hydroxylamine groups is 2. The maximum atomic E-state index is 14.3. The first kappa shape index (κ1) is 124. The molecular formula is C90H129BrClF2LiN22O25. The Balaban J connectivity index is 0.000000423. The van der Waals surface area contributed by atoms with E-state index >= 15 is 0 Å². The second kappa shape index (κ2) is 65.4. The van der Waals surface area contributed by atoms with E-state index in [9.17, 15) is 73.2 Å². The van der Waals surface area contributed by atoms with Gasteiger partial charge in [0.2, 0.25) is 17.1 Å². The number of ether oxygens (including phenoxy) is 5. The summed E-state index contributed by atoms with van der Waals surface area (Å²) in [4.78, 5) is 151. The van der Waals surface area contributed by atoms with Crippen LogP contribution in [-0.4, -0.2) is 240 Å². The third kappa shape index (κ3) is 40.2. The number of carbonyl (C=O) groups excluding carboxylic acids is 4. The average molecular weight is 2080 g/mol. The van der Waals surface area contributed by atoms with E-state index in [1.807, 2.05) is 29.4 Å². The van der Waals surface area contributed by atoms with Crippen molar-refractivity contribution in [2.24, 2.45) is 35.5 Å². The van der Waals surface area contributed by atoms with Gasteiger partial charge in [-0.05, 0) is 252 Å². The summed E-state index contributed by atoms with van der Waals surface area (Å²) in [5.74, 6) is 2.82. The first-order chi connectivity index (χ1) is 65.9. The second-order valence-electron chi connectivity index (χ2n) is 32.4. The van der Waals surface area contributed by atoms with Crippen molar-refractivity contribution < 1.29 is 131 Å². The number of fused-ring (bicyclic) bond motifs is 1. The van der Waals surface area contributed by atoms with Crippen molar-refractivity contribution in [1.82, 2.24) is 60.7 Å². The number of carboxylic acid groups (broad SMARTS) is 1. The van der Waals surface area contributed by atoms with Gasteiger partial charge in [-0.15, -0.1) is 0 Å². The number of carbonyl (C=O) groups is 5. The molecule has 8 saturated heterocycles. The van der Waals surface area contributed by atoms with Crippen molar-refractivity contribution in [2.45, 2.75) is 183 Å². The van der Waals surface area contributed by atoms with Crippen molar-refractivity contribution in [3.63, 3.8) is 0 Å². The summed E-state index contributed by atoms with van der Waals surface area (Å²) in [7, 11) is 3.85. The molecule has 15 heterocycles. The van der Waals surface area contributed by atoms with Crippen LogP contribution in [0.5, 0.6) is 0 Å². The largest absolute Gasteiger partial charge is 1.00 e. The molecule has 8 fully saturated rings. The quantitative estimate of drug-likeness (QED) is 0.0123. The fourth-order valence-electron chi connectivity index (χ4n) is 15.5. The Labute approximate surface area is 845 Å². The number of nitrogens with two attached hydrogens (primary N) is 2. The molecule has 0 radical (unpaired) electrons. The molecule has 0 bridgehead atoms. The monoisotopic (exact) mass is 2080 g/mol. The van der Waals surface area contributed by atoms with E-state index in [-0.39, 0.29) is 163 Å². The fourth-order valence-corrected chi connectivity index (χ4v) is 15.8. The number of hydrogen-bond donors (Lipinski definition) is 7. The molecule has 52 heteroatoms. The van der Waals surface area contributed by atoms with Crippen LogP contribution in [0.3, 0.4) is 0 Å². The van der Waals surface area contributed by atoms with Crippen molar-refractivity contribution in [3.05, 3.63) is 178 Å². The molecule has 16 rings (SSSR count). The van der Waals surface area contributed by atoms with Crippen LogP contribution in [0.4, 0.5) is 60.6 Å². The summed E-state index contributed by atoms with van der Waals surface area (Å²) in [5, 5.41) is 60.7. The topological polar surface area (TPSA) is 643 Å². The number of aromatic nitrogens is 9. The fraction of sp³-hybridized carbons (Fsp3) is 0.544. The molecule has 0 saturated carbocycles. The zero-order valence-electron chi connectivity index (χ0n) is 78.9. The van der Waals surface area contributed by atoms with Gasteiger partial charge in [-0.2, -0.15) is 0 Å². The van der Waals surface area contributed by atoms with E-state index < -0.39 is 37.3 Å². The normalized spacial score (nSPS) is 17.4. The SMILES string of the molecule is C.C.CO.COC(=O)C1CCN(c2ccc([N+](=O)[O-])nc2)CC1.COC(=O)C1CCNCC1.Cc1nc2c(F)cc(-c3nc(Cl)ncc3F)cc2n1C(C)C.NOC1CCCCO1.Nc1ccc(N2CCC(C(=O)NOC3CCCCO3)CC2)cn1.O.O=C(NOC1CCCCO1)C1CCN(c2ccc([N+](=O)[O-])nc2)CC1.O=C(O)C1CCN(c2ccc([N+](=O)[O-])nc2)CC1.O=[N+]([O-])c1ccc(Br)cn1.[Li+].[OH-]. The Bertz CT molecular complexity index is 5120. The minimum Gasteiger partial charge on any atom is -0.870 e. The molecule has 8 aliphatic heterocycles. The number of rotatable bonds is 20. The van der Waals surface area contributed by atoms with Crippen LogP contribution in [0.2, 0.25) is 5.28 Å². The molecule has 47 nitrogen and oxygen atoms in total. The number of aliphatic hydroxyl groups excluding tert-OH is 1. The molecule has 8 aromatic rings. The third-order valence-electron chi connectivity index (χ3n) is 22.9. The number of nitro groups is 4. The first-order valence-corrected chi connectivity index (χ1v) is 45.9. The van der Waals surface area contributed by atoms with E-state index in [1.165, 1.54) is 75.8 Å². The number of pyridine rings is 5. The number of imidazole rings is 1. The standard InChI is InChI=1S/C16H22N4O5.C16H24N4O3.C15H13ClF2N4.C12H15N3O4.C11H13N3O4.C7H13NO2.C5H3BrN2O2.C5H11NO2.CH4O.2CH4.Li.2H2O/c21-16(18-25-15-3-1-2-10-24-15)12-6-8-19(9-7-12)13-4-5-14(17-11-13)20(22)23;17-14-5-4-13(11-18-14)20-8-6-12(7-9-20)16(21)19-23-15-3-1-2-10-22-15;1-7(2)22-8(3)20-14-10(17)4-9(5-12(14)22)13-11(18)6-19-15(16)21-13;1-19-12(16)9-4-6-14(7-5-9)10-2-3-11(13-8-10)15(17)18;15-11(16)8-3-5-13(6-4-8)9-1-2-10(12-7-9)14(17)18;1-10-7(9)6-2-4-8-5-3-6;6-4-1-2-5(7-3-4)8(9)10;6-8-5-3-1-2-4-7-5;1-2;;;;;/h4-5,11-12,15H,1-3,6-10H2,(H,18,21);4-5,11-12,15H,1-3,6-10H2,(H2,17,18)(H,19,21);4-7H,1-3H3;2-3,8-9H,4-7H2,1H3;1-2,7-8H,3-6H2,(H,15,16);6,8H,2-5H2,1H3;1-3H;5H,1-4,6H2;2H,1H3;2*1H4;;2*1H2/q;;;;;;;;;;;+1;;/p-1. The smallest absolute Gasteiger partial charge is 0.870 e. The molecule has 12 N–H and O–H groups in total. The summed E-state index contributed by atoms with van der Waals surface area (Å²) < 4.78 is 56.2. The number of carboxylic acids is 1. The van der Waals surface area contributed by atoms with Gasteiger partial charge in [0.25, 0.3) is 0 Å². The Morgan fingerprint density at radius 1 is 0.521 bits per heavy atom. The maximum absolute atomic E-state index is 14.3. The predicted molar refractivity (Wildman–Crippen MR) is 519 cm³/mol. The van der Waals surface area contributed by atoms with Crippen LogP contribution in [0, 0.1) is 88.6 Å². The molecule has 1 aromatic carbocycles. The molecule has 3 unspecified atom stereocenters. The number of aliphatic hydroxyl groups is 1. The number of aryl methyl sites for hydroxylation is 1. The van der Waals surface area contributed by atoms with Crippen molar-refractivity contribution >= 4 is 120 Å². The molecule has 142 heavy (non-hydrogen) atoms. The zero-order valence-corrected chi connectivity index (χ0v) is 81.2. The van der Waals surface area contributed by atoms with Gasteiger partial charge in [0.15, 0.2) is 55.3 Å². The number of piperidine rings is 5. The number of nitrogen functional groups attached to an aromatic ring is 1. The van der Waals surface area contributed by atoms with Gasteiger partial charge in [-0.3, -0.25) is 28.8 Å². The van der Waals surface area contributed by atoms with Gasteiger partial charge in [0.1, 0.15) is 22.9 Å². The number of benzene rings is 1. The Morgan fingerprint density at radius 3 is 1.21 bits per heavy atom.